The molecule has 10 heteroatoms. The molecule has 0 saturated heterocycles. The first-order valence-electron chi connectivity index (χ1n) is 9.72. The number of carbonyl (C=O) groups excluding carboxylic acids is 1. The number of nitrogens with one attached hydrogen (secondary N) is 2. The average molecular weight is 458 g/mol. The number of benzene rings is 2. The van der Waals surface area contributed by atoms with Crippen LogP contribution in [0.5, 0.6) is 0 Å². The standard InChI is InChI=1S/C21H22F4N2O3S/c1-13-8-9-18(12-19(13)22)31(29,30)27-17-7-2-4-14(10-17)20(28)26-16-6-3-5-15(11-16)21(23,24)25/h2,4,7-10,12,15-16,27H,3,5-6,11H2,1H3,(H,26,28). The maximum Gasteiger partial charge on any atom is 0.391 e. The molecule has 1 saturated carbocycles. The molecule has 0 aromatic heterocycles. The van der Waals surface area contributed by atoms with Gasteiger partial charge in [-0.15, -0.1) is 0 Å². The van der Waals surface area contributed by atoms with Crippen LogP contribution < -0.4 is 10.0 Å². The topological polar surface area (TPSA) is 75.3 Å². The lowest BCUT2D eigenvalue weighted by Crippen LogP contribution is -2.41. The molecule has 5 nitrogen and oxygen atoms in total. The third kappa shape index (κ3) is 5.75. The van der Waals surface area contributed by atoms with Crippen molar-refractivity contribution in [2.75, 3.05) is 4.72 Å². The number of alkyl halides is 3. The Labute approximate surface area is 177 Å². The van der Waals surface area contributed by atoms with Gasteiger partial charge >= 0.3 is 6.18 Å². The molecule has 2 aromatic carbocycles. The quantitative estimate of drug-likeness (QED) is 0.633. The molecule has 1 amide bonds. The molecule has 0 aliphatic heterocycles. The molecule has 2 atom stereocenters. The predicted molar refractivity (Wildman–Crippen MR) is 108 cm³/mol. The summed E-state index contributed by atoms with van der Waals surface area (Å²) in [5, 5.41) is 2.61. The average Bonchev–Trinajstić information content (AvgIpc) is 2.69. The van der Waals surface area contributed by atoms with Crippen molar-refractivity contribution in [3.63, 3.8) is 0 Å². The first-order valence-corrected chi connectivity index (χ1v) is 11.2. The number of hydrogen-bond donors (Lipinski definition) is 2. The molecule has 2 N–H and O–H groups in total. The van der Waals surface area contributed by atoms with E-state index in [2.05, 4.69) is 10.0 Å². The normalized spacial score (nSPS) is 19.6. The zero-order valence-electron chi connectivity index (χ0n) is 16.7. The number of hydrogen-bond acceptors (Lipinski definition) is 3. The highest BCUT2D eigenvalue weighted by molar-refractivity contribution is 7.92. The van der Waals surface area contributed by atoms with Gasteiger partial charge < -0.3 is 5.32 Å². The maximum atomic E-state index is 13.7. The highest BCUT2D eigenvalue weighted by atomic mass is 32.2. The van der Waals surface area contributed by atoms with E-state index < -0.39 is 39.9 Å². The van der Waals surface area contributed by atoms with Gasteiger partial charge in [-0.2, -0.15) is 13.2 Å². The molecule has 1 aliphatic rings. The van der Waals surface area contributed by atoms with Crippen LogP contribution in [0, 0.1) is 18.7 Å². The minimum atomic E-state index is -4.29. The van der Waals surface area contributed by atoms with Crippen molar-refractivity contribution in [1.82, 2.24) is 5.32 Å². The molecule has 0 spiro atoms. The lowest BCUT2D eigenvalue weighted by Gasteiger charge is -2.31. The third-order valence-electron chi connectivity index (χ3n) is 5.30. The summed E-state index contributed by atoms with van der Waals surface area (Å²) in [6.07, 6.45) is -3.62. The van der Waals surface area contributed by atoms with Crippen LogP contribution in [0.1, 0.15) is 41.6 Å². The summed E-state index contributed by atoms with van der Waals surface area (Å²) in [5.74, 6) is -2.70. The van der Waals surface area contributed by atoms with Crippen molar-refractivity contribution in [2.45, 2.75) is 49.7 Å². The number of carbonyl (C=O) groups is 1. The van der Waals surface area contributed by atoms with Gasteiger partial charge in [0.2, 0.25) is 0 Å². The van der Waals surface area contributed by atoms with Crippen LogP contribution in [0.4, 0.5) is 23.2 Å². The van der Waals surface area contributed by atoms with Crippen LogP contribution in [0.25, 0.3) is 0 Å². The molecular weight excluding hydrogens is 436 g/mol. The minimum absolute atomic E-state index is 0.0484. The van der Waals surface area contributed by atoms with Gasteiger partial charge in [-0.05, 0) is 62.1 Å². The van der Waals surface area contributed by atoms with Crippen molar-refractivity contribution < 1.29 is 30.8 Å². The van der Waals surface area contributed by atoms with Crippen LogP contribution in [-0.4, -0.2) is 26.5 Å². The van der Waals surface area contributed by atoms with E-state index in [1.807, 2.05) is 0 Å². The molecule has 2 unspecified atom stereocenters. The fourth-order valence-electron chi connectivity index (χ4n) is 3.57. The lowest BCUT2D eigenvalue weighted by atomic mass is 9.85. The van der Waals surface area contributed by atoms with E-state index in [0.29, 0.717) is 18.4 Å². The summed E-state index contributed by atoms with van der Waals surface area (Å²) in [5.41, 5.74) is 0.475. The summed E-state index contributed by atoms with van der Waals surface area (Å²) in [6.45, 7) is 1.50. The Balaban J connectivity index is 1.71. The van der Waals surface area contributed by atoms with E-state index in [4.69, 9.17) is 0 Å². The Morgan fingerprint density at radius 1 is 1.10 bits per heavy atom. The van der Waals surface area contributed by atoms with Crippen molar-refractivity contribution in [2.24, 2.45) is 5.92 Å². The Morgan fingerprint density at radius 3 is 2.52 bits per heavy atom. The molecule has 3 rings (SSSR count). The van der Waals surface area contributed by atoms with Crippen molar-refractivity contribution in [3.05, 3.63) is 59.4 Å². The molecule has 2 aromatic rings. The monoisotopic (exact) mass is 458 g/mol. The largest absolute Gasteiger partial charge is 0.391 e. The Kier molecular flexibility index (Phi) is 6.59. The van der Waals surface area contributed by atoms with Gasteiger partial charge in [0, 0.05) is 17.3 Å². The Morgan fingerprint density at radius 2 is 1.84 bits per heavy atom. The van der Waals surface area contributed by atoms with Crippen molar-refractivity contribution in [1.29, 1.82) is 0 Å². The fraction of sp³-hybridized carbons (Fsp3) is 0.381. The van der Waals surface area contributed by atoms with E-state index in [1.165, 1.54) is 43.3 Å². The fourth-order valence-corrected chi connectivity index (χ4v) is 4.63. The summed E-state index contributed by atoms with van der Waals surface area (Å²) >= 11 is 0. The lowest BCUT2D eigenvalue weighted by molar-refractivity contribution is -0.183. The van der Waals surface area contributed by atoms with E-state index in [-0.39, 0.29) is 29.0 Å². The molecule has 0 bridgehead atoms. The van der Waals surface area contributed by atoms with Crippen LogP contribution in [0.15, 0.2) is 47.4 Å². The highest BCUT2D eigenvalue weighted by Gasteiger charge is 2.42. The summed E-state index contributed by atoms with van der Waals surface area (Å²) in [4.78, 5) is 12.2. The first kappa shape index (κ1) is 23.1. The van der Waals surface area contributed by atoms with E-state index in [9.17, 15) is 30.8 Å². The molecular formula is C21H22F4N2O3S. The number of amides is 1. The molecule has 0 heterocycles. The number of anilines is 1. The van der Waals surface area contributed by atoms with Gasteiger partial charge in [-0.25, -0.2) is 12.8 Å². The number of rotatable bonds is 5. The van der Waals surface area contributed by atoms with Gasteiger partial charge in [0.1, 0.15) is 5.82 Å². The molecule has 0 radical (unpaired) electrons. The molecule has 168 valence electrons. The van der Waals surface area contributed by atoms with Crippen LogP contribution >= 0.6 is 0 Å². The first-order chi connectivity index (χ1) is 14.5. The van der Waals surface area contributed by atoms with Crippen LogP contribution in [0.2, 0.25) is 0 Å². The van der Waals surface area contributed by atoms with E-state index >= 15 is 0 Å². The molecule has 1 fully saturated rings. The smallest absolute Gasteiger partial charge is 0.349 e. The van der Waals surface area contributed by atoms with Crippen LogP contribution in [0.3, 0.4) is 0 Å². The Bertz CT molecular complexity index is 1070. The number of aryl methyl sites for hydroxylation is 1. The third-order valence-corrected chi connectivity index (χ3v) is 6.68. The van der Waals surface area contributed by atoms with Crippen molar-refractivity contribution >= 4 is 21.6 Å². The second-order valence-corrected chi connectivity index (χ2v) is 9.36. The zero-order chi connectivity index (χ0) is 22.8. The Hall–Kier alpha value is -2.62. The number of sulfonamides is 1. The SMILES string of the molecule is Cc1ccc(S(=O)(=O)Nc2cccc(C(=O)NC3CCCC(C(F)(F)F)C3)c2)cc1F. The van der Waals surface area contributed by atoms with Gasteiger partial charge in [0.15, 0.2) is 0 Å². The van der Waals surface area contributed by atoms with Gasteiger partial charge in [0.05, 0.1) is 10.8 Å². The summed E-state index contributed by atoms with van der Waals surface area (Å²) in [6, 6.07) is 8.47. The van der Waals surface area contributed by atoms with Gasteiger partial charge in [0.25, 0.3) is 15.9 Å². The second kappa shape index (κ2) is 8.86. The highest BCUT2D eigenvalue weighted by Crippen LogP contribution is 2.37. The van der Waals surface area contributed by atoms with Crippen LogP contribution in [-0.2, 0) is 10.0 Å². The molecule has 1 aliphatic carbocycles. The van der Waals surface area contributed by atoms with E-state index in [0.717, 1.165) is 6.07 Å². The second-order valence-electron chi connectivity index (χ2n) is 7.67. The van der Waals surface area contributed by atoms with Crippen molar-refractivity contribution in [3.8, 4) is 0 Å². The molecule has 31 heavy (non-hydrogen) atoms. The maximum absolute atomic E-state index is 13.7. The van der Waals surface area contributed by atoms with E-state index in [1.54, 1.807) is 0 Å². The summed E-state index contributed by atoms with van der Waals surface area (Å²) < 4.78 is 79.9. The zero-order valence-corrected chi connectivity index (χ0v) is 17.5. The summed E-state index contributed by atoms with van der Waals surface area (Å²) in [7, 11) is -4.09. The predicted octanol–water partition coefficient (Wildman–Crippen LogP) is 4.79. The minimum Gasteiger partial charge on any atom is -0.349 e. The van der Waals surface area contributed by atoms with Gasteiger partial charge in [-0.1, -0.05) is 18.6 Å². The number of halogens is 4. The van der Waals surface area contributed by atoms with Gasteiger partial charge in [-0.3, -0.25) is 9.52 Å².